The van der Waals surface area contributed by atoms with E-state index in [1.165, 1.54) is 0 Å². The fraction of sp³-hybridized carbons (Fsp3) is 0.222. The first kappa shape index (κ1) is 9.81. The lowest BCUT2D eigenvalue weighted by Gasteiger charge is -1.92. The molecule has 0 aliphatic rings. The lowest BCUT2D eigenvalue weighted by Crippen LogP contribution is -1.76. The van der Waals surface area contributed by atoms with Gasteiger partial charge in [-0.15, -0.1) is 0 Å². The van der Waals surface area contributed by atoms with Crippen LogP contribution in [0.25, 0.3) is 6.08 Å². The summed E-state index contributed by atoms with van der Waals surface area (Å²) >= 11 is 7.47. The molecule has 64 valence electrons. The van der Waals surface area contributed by atoms with Crippen LogP contribution in [0.4, 0.5) is 0 Å². The molecule has 0 bridgehead atoms. The fourth-order valence-corrected chi connectivity index (χ4v) is 1.35. The molecule has 0 radical (unpaired) electrons. The third-order valence-electron chi connectivity index (χ3n) is 1.33. The maximum absolute atomic E-state index is 4.11. The zero-order valence-electron chi connectivity index (χ0n) is 6.57. The average molecular weight is 244 g/mol. The predicted octanol–water partition coefficient (Wildman–Crippen LogP) is 3.18. The third kappa shape index (κ3) is 3.41. The predicted molar refractivity (Wildman–Crippen MR) is 59.4 cm³/mol. The van der Waals surface area contributed by atoms with E-state index >= 15 is 0 Å². The topological polar surface area (TPSA) is 12.9 Å². The number of allylic oxidation sites excluding steroid dienone is 1. The van der Waals surface area contributed by atoms with E-state index in [0.29, 0.717) is 0 Å². The van der Waals surface area contributed by atoms with Gasteiger partial charge in [0, 0.05) is 16.9 Å². The van der Waals surface area contributed by atoms with Crippen LogP contribution in [0.5, 0.6) is 0 Å². The van der Waals surface area contributed by atoms with Crippen LogP contribution >= 0.6 is 28.6 Å². The van der Waals surface area contributed by atoms with Gasteiger partial charge in [-0.3, -0.25) is 4.98 Å². The van der Waals surface area contributed by atoms with Gasteiger partial charge in [-0.25, -0.2) is 0 Å². The summed E-state index contributed by atoms with van der Waals surface area (Å²) < 4.78 is 1.01. The maximum Gasteiger partial charge on any atom is 0.0410 e. The molecule has 0 amide bonds. The van der Waals surface area contributed by atoms with Gasteiger partial charge in [0.1, 0.15) is 0 Å². The quantitative estimate of drug-likeness (QED) is 0.806. The molecule has 0 N–H and O–H groups in total. The van der Waals surface area contributed by atoms with Crippen LogP contribution in [-0.4, -0.2) is 10.7 Å². The first-order chi connectivity index (χ1) is 5.83. The smallest absolute Gasteiger partial charge is 0.0410 e. The molecule has 0 saturated heterocycles. The van der Waals surface area contributed by atoms with Crippen molar-refractivity contribution in [2.24, 2.45) is 0 Å². The summed E-state index contributed by atoms with van der Waals surface area (Å²) in [6.07, 6.45) is 8.75. The number of pyridine rings is 1. The van der Waals surface area contributed by atoms with E-state index in [-0.39, 0.29) is 0 Å². The van der Waals surface area contributed by atoms with Gasteiger partial charge < -0.3 is 0 Å². The van der Waals surface area contributed by atoms with Crippen LogP contribution in [0.2, 0.25) is 0 Å². The molecule has 1 nitrogen and oxygen atoms in total. The van der Waals surface area contributed by atoms with Crippen LogP contribution in [0, 0.1) is 0 Å². The minimum Gasteiger partial charge on any atom is -0.263 e. The number of nitrogens with zero attached hydrogens (tertiary/aromatic N) is 1. The Morgan fingerprint density at radius 2 is 2.33 bits per heavy atom. The summed E-state index contributed by atoms with van der Waals surface area (Å²) in [5.41, 5.74) is 1.12. The molecule has 0 unspecified atom stereocenters. The Hall–Kier alpha value is -0.280. The van der Waals surface area contributed by atoms with Crippen LogP contribution in [-0.2, 0) is 0 Å². The van der Waals surface area contributed by atoms with E-state index in [4.69, 9.17) is 0 Å². The van der Waals surface area contributed by atoms with Crippen molar-refractivity contribution in [3.8, 4) is 0 Å². The van der Waals surface area contributed by atoms with Crippen molar-refractivity contribution in [1.29, 1.82) is 0 Å². The van der Waals surface area contributed by atoms with E-state index in [2.05, 4.69) is 39.6 Å². The Kier molecular flexibility index (Phi) is 4.40. The zero-order chi connectivity index (χ0) is 8.81. The molecule has 12 heavy (non-hydrogen) atoms. The van der Waals surface area contributed by atoms with E-state index in [1.807, 2.05) is 18.3 Å². The fourth-order valence-electron chi connectivity index (χ4n) is 0.813. The second-order valence-electron chi connectivity index (χ2n) is 2.35. The number of rotatable bonds is 3. The number of aromatic nitrogens is 1. The minimum atomic E-state index is 0.887. The highest BCUT2D eigenvalue weighted by molar-refractivity contribution is 9.10. The monoisotopic (exact) mass is 243 g/mol. The lowest BCUT2D eigenvalue weighted by atomic mass is 10.2. The molecular formula is C9H10BrNS. The average Bonchev–Trinajstić information content (AvgIpc) is 2.05. The molecule has 0 saturated carbocycles. The molecule has 0 fully saturated rings. The standard InChI is InChI=1S/C9H10BrNS/c10-9-5-8(6-11-7-9)3-1-2-4-12/h1,3,5-7,12H,2,4H2. The third-order valence-corrected chi connectivity index (χ3v) is 2.02. The molecule has 0 aromatic carbocycles. The van der Waals surface area contributed by atoms with Crippen LogP contribution in [0.3, 0.4) is 0 Å². The summed E-state index contributed by atoms with van der Waals surface area (Å²) in [4.78, 5) is 4.05. The van der Waals surface area contributed by atoms with Crippen molar-refractivity contribution >= 4 is 34.6 Å². The largest absolute Gasteiger partial charge is 0.263 e. The van der Waals surface area contributed by atoms with Gasteiger partial charge in [0.2, 0.25) is 0 Å². The summed E-state index contributed by atoms with van der Waals surface area (Å²) in [5.74, 6) is 0.887. The number of halogens is 1. The minimum absolute atomic E-state index is 0.887. The Balaban J connectivity index is 2.63. The SMILES string of the molecule is SCCC=Cc1cncc(Br)c1. The Labute approximate surface area is 86.4 Å². The summed E-state index contributed by atoms with van der Waals surface area (Å²) in [6.45, 7) is 0. The normalized spacial score (nSPS) is 10.8. The van der Waals surface area contributed by atoms with E-state index in [9.17, 15) is 0 Å². The summed E-state index contributed by atoms with van der Waals surface area (Å²) in [6, 6.07) is 2.03. The second-order valence-corrected chi connectivity index (χ2v) is 3.71. The Bertz CT molecular complexity index is 273. The van der Waals surface area contributed by atoms with Gasteiger partial charge >= 0.3 is 0 Å². The van der Waals surface area contributed by atoms with Gasteiger partial charge in [0.15, 0.2) is 0 Å². The number of hydrogen-bond donors (Lipinski definition) is 1. The van der Waals surface area contributed by atoms with Gasteiger partial charge in [0.05, 0.1) is 0 Å². The second kappa shape index (κ2) is 5.38. The summed E-state index contributed by atoms with van der Waals surface area (Å²) in [5, 5.41) is 0. The highest BCUT2D eigenvalue weighted by Gasteiger charge is 1.88. The van der Waals surface area contributed by atoms with Gasteiger partial charge in [-0.05, 0) is 39.7 Å². The van der Waals surface area contributed by atoms with Crippen LogP contribution in [0.1, 0.15) is 12.0 Å². The highest BCUT2D eigenvalue weighted by Crippen LogP contribution is 2.10. The van der Waals surface area contributed by atoms with Gasteiger partial charge in [-0.1, -0.05) is 12.2 Å². The first-order valence-electron chi connectivity index (χ1n) is 3.71. The highest BCUT2D eigenvalue weighted by atomic mass is 79.9. The molecule has 1 aromatic rings. The van der Waals surface area contributed by atoms with Crippen molar-refractivity contribution in [2.75, 3.05) is 5.75 Å². The maximum atomic E-state index is 4.11. The summed E-state index contributed by atoms with van der Waals surface area (Å²) in [7, 11) is 0. The molecule has 1 heterocycles. The molecule has 1 aromatic heterocycles. The molecule has 0 aliphatic heterocycles. The van der Waals surface area contributed by atoms with E-state index in [0.717, 1.165) is 22.2 Å². The molecule has 0 atom stereocenters. The van der Waals surface area contributed by atoms with Crippen LogP contribution < -0.4 is 0 Å². The zero-order valence-corrected chi connectivity index (χ0v) is 9.05. The first-order valence-corrected chi connectivity index (χ1v) is 5.13. The molecule has 1 rings (SSSR count). The van der Waals surface area contributed by atoms with E-state index < -0.39 is 0 Å². The van der Waals surface area contributed by atoms with Gasteiger partial charge in [0.25, 0.3) is 0 Å². The van der Waals surface area contributed by atoms with Crippen molar-refractivity contribution in [3.05, 3.63) is 34.6 Å². The lowest BCUT2D eigenvalue weighted by molar-refractivity contribution is 1.25. The Morgan fingerprint density at radius 1 is 1.50 bits per heavy atom. The molecule has 0 aliphatic carbocycles. The molecule has 3 heteroatoms. The molecular weight excluding hydrogens is 234 g/mol. The molecule has 0 spiro atoms. The number of thiol groups is 1. The number of hydrogen-bond acceptors (Lipinski definition) is 2. The van der Waals surface area contributed by atoms with Crippen LogP contribution in [0.15, 0.2) is 29.0 Å². The van der Waals surface area contributed by atoms with E-state index in [1.54, 1.807) is 6.20 Å². The van der Waals surface area contributed by atoms with Crippen molar-refractivity contribution in [1.82, 2.24) is 4.98 Å². The Morgan fingerprint density at radius 3 is 3.00 bits per heavy atom. The van der Waals surface area contributed by atoms with Crippen molar-refractivity contribution < 1.29 is 0 Å². The van der Waals surface area contributed by atoms with Gasteiger partial charge in [-0.2, -0.15) is 12.6 Å². The van der Waals surface area contributed by atoms with Crippen molar-refractivity contribution in [3.63, 3.8) is 0 Å². The van der Waals surface area contributed by atoms with Crippen molar-refractivity contribution in [2.45, 2.75) is 6.42 Å².